The average Bonchev–Trinajstić information content (AvgIpc) is 3.04. The number of hydrogen-bond acceptors (Lipinski definition) is 5. The number of rotatable bonds is 5. The van der Waals surface area contributed by atoms with E-state index >= 15 is 0 Å². The molecule has 1 aliphatic rings. The van der Waals surface area contributed by atoms with Gasteiger partial charge < -0.3 is 9.52 Å². The summed E-state index contributed by atoms with van der Waals surface area (Å²) < 4.78 is 5.81. The minimum Gasteiger partial charge on any atom is -0.419 e. The summed E-state index contributed by atoms with van der Waals surface area (Å²) in [4.78, 5) is 2.29. The predicted molar refractivity (Wildman–Crippen MR) is 88.8 cm³/mol. The van der Waals surface area contributed by atoms with Gasteiger partial charge in [-0.25, -0.2) is 0 Å². The third kappa shape index (κ3) is 3.98. The van der Waals surface area contributed by atoms with E-state index in [-0.39, 0.29) is 0 Å². The van der Waals surface area contributed by atoms with E-state index in [1.807, 2.05) is 24.3 Å². The lowest BCUT2D eigenvalue weighted by atomic mass is 9.86. The van der Waals surface area contributed by atoms with E-state index < -0.39 is 0 Å². The summed E-state index contributed by atoms with van der Waals surface area (Å²) in [5.41, 5.74) is 2.17. The summed E-state index contributed by atoms with van der Waals surface area (Å²) in [5, 5.41) is 17.6. The fourth-order valence-electron chi connectivity index (χ4n) is 3.24. The molecule has 0 amide bonds. The van der Waals surface area contributed by atoms with Gasteiger partial charge in [-0.05, 0) is 57.7 Å². The molecule has 0 bridgehead atoms. The zero-order valence-electron chi connectivity index (χ0n) is 13.9. The van der Waals surface area contributed by atoms with Crippen molar-refractivity contribution in [1.29, 1.82) is 0 Å². The molecule has 0 spiro atoms. The first kappa shape index (κ1) is 16.1. The minimum absolute atomic E-state index is 0.319. The molecule has 0 saturated heterocycles. The smallest absolute Gasteiger partial charge is 0.247 e. The Morgan fingerprint density at radius 2 is 1.83 bits per heavy atom. The third-order valence-electron chi connectivity index (χ3n) is 4.85. The first-order chi connectivity index (χ1) is 11.2. The first-order valence-electron chi connectivity index (χ1n) is 8.36. The molecule has 1 aromatic carbocycles. The van der Waals surface area contributed by atoms with Gasteiger partial charge in [-0.15, -0.1) is 10.2 Å². The standard InChI is InChI=1S/C18H25N3O2/c1-13-3-7-15(8-4-13)18-20-19-17(23-18)11-21(2)16-9-5-14(12-22)6-10-16/h3-4,7-8,14,16,22H,5-6,9-12H2,1-2H3. The van der Waals surface area contributed by atoms with E-state index in [4.69, 9.17) is 4.42 Å². The summed E-state index contributed by atoms with van der Waals surface area (Å²) >= 11 is 0. The Morgan fingerprint density at radius 1 is 1.13 bits per heavy atom. The van der Waals surface area contributed by atoms with Gasteiger partial charge in [-0.3, -0.25) is 4.90 Å². The average molecular weight is 315 g/mol. The van der Waals surface area contributed by atoms with Crippen molar-refractivity contribution in [3.63, 3.8) is 0 Å². The van der Waals surface area contributed by atoms with Crippen molar-refractivity contribution in [2.75, 3.05) is 13.7 Å². The van der Waals surface area contributed by atoms with Crippen molar-refractivity contribution in [3.05, 3.63) is 35.7 Å². The van der Waals surface area contributed by atoms with Gasteiger partial charge in [-0.1, -0.05) is 17.7 Å². The van der Waals surface area contributed by atoms with Gasteiger partial charge in [0, 0.05) is 18.2 Å². The topological polar surface area (TPSA) is 62.4 Å². The normalized spacial score (nSPS) is 21.7. The third-order valence-corrected chi connectivity index (χ3v) is 4.85. The van der Waals surface area contributed by atoms with Crippen LogP contribution in [-0.4, -0.2) is 39.9 Å². The molecule has 1 aromatic heterocycles. The molecule has 124 valence electrons. The largest absolute Gasteiger partial charge is 0.419 e. The van der Waals surface area contributed by atoms with E-state index in [0.717, 1.165) is 31.2 Å². The van der Waals surface area contributed by atoms with Crippen molar-refractivity contribution >= 4 is 0 Å². The number of aliphatic hydroxyl groups excluding tert-OH is 1. The molecule has 0 atom stereocenters. The molecule has 0 aliphatic heterocycles. The number of aromatic nitrogens is 2. The molecule has 1 aliphatic carbocycles. The van der Waals surface area contributed by atoms with E-state index in [9.17, 15) is 5.11 Å². The second-order valence-electron chi connectivity index (χ2n) is 6.64. The Kier molecular flexibility index (Phi) is 5.08. The Labute approximate surface area is 137 Å². The van der Waals surface area contributed by atoms with Crippen LogP contribution in [0.25, 0.3) is 11.5 Å². The molecule has 2 aromatic rings. The molecule has 1 N–H and O–H groups in total. The van der Waals surface area contributed by atoms with Crippen LogP contribution in [0.15, 0.2) is 28.7 Å². The molecule has 5 heteroatoms. The SMILES string of the molecule is Cc1ccc(-c2nnc(CN(C)C3CCC(CO)CC3)o2)cc1. The summed E-state index contributed by atoms with van der Waals surface area (Å²) in [6, 6.07) is 8.64. The summed E-state index contributed by atoms with van der Waals surface area (Å²) in [6.45, 7) is 3.05. The van der Waals surface area contributed by atoms with Crippen LogP contribution in [0.2, 0.25) is 0 Å². The van der Waals surface area contributed by atoms with E-state index in [1.54, 1.807) is 0 Å². The Morgan fingerprint density at radius 3 is 2.48 bits per heavy atom. The highest BCUT2D eigenvalue weighted by Gasteiger charge is 2.24. The van der Waals surface area contributed by atoms with Crippen LogP contribution in [-0.2, 0) is 6.54 Å². The molecular formula is C18H25N3O2. The minimum atomic E-state index is 0.319. The molecule has 1 saturated carbocycles. The Bertz CT molecular complexity index is 615. The number of nitrogens with zero attached hydrogens (tertiary/aromatic N) is 3. The maximum absolute atomic E-state index is 9.23. The van der Waals surface area contributed by atoms with E-state index in [2.05, 4.69) is 29.1 Å². The van der Waals surface area contributed by atoms with Crippen molar-refractivity contribution < 1.29 is 9.52 Å². The number of aryl methyl sites for hydroxylation is 1. The number of aliphatic hydroxyl groups is 1. The van der Waals surface area contributed by atoms with Crippen molar-refractivity contribution in [3.8, 4) is 11.5 Å². The lowest BCUT2D eigenvalue weighted by Crippen LogP contribution is -2.35. The highest BCUT2D eigenvalue weighted by atomic mass is 16.4. The van der Waals surface area contributed by atoms with Gasteiger partial charge in [-0.2, -0.15) is 0 Å². The van der Waals surface area contributed by atoms with Crippen LogP contribution in [0.3, 0.4) is 0 Å². The lowest BCUT2D eigenvalue weighted by Gasteiger charge is -2.33. The highest BCUT2D eigenvalue weighted by Crippen LogP contribution is 2.27. The van der Waals surface area contributed by atoms with Gasteiger partial charge in [0.2, 0.25) is 11.8 Å². The van der Waals surface area contributed by atoms with Gasteiger partial charge in [0.25, 0.3) is 0 Å². The maximum atomic E-state index is 9.23. The zero-order chi connectivity index (χ0) is 16.2. The fraction of sp³-hybridized carbons (Fsp3) is 0.556. The molecule has 0 unspecified atom stereocenters. The van der Waals surface area contributed by atoms with Crippen LogP contribution in [0.5, 0.6) is 0 Å². The summed E-state index contributed by atoms with van der Waals surface area (Å²) in [5.74, 6) is 1.72. The maximum Gasteiger partial charge on any atom is 0.247 e. The number of hydrogen-bond donors (Lipinski definition) is 1. The molecule has 0 radical (unpaired) electrons. The fourth-order valence-corrected chi connectivity index (χ4v) is 3.24. The van der Waals surface area contributed by atoms with Gasteiger partial charge >= 0.3 is 0 Å². The zero-order valence-corrected chi connectivity index (χ0v) is 13.9. The molecule has 5 nitrogen and oxygen atoms in total. The lowest BCUT2D eigenvalue weighted by molar-refractivity contribution is 0.118. The Balaban J connectivity index is 1.59. The van der Waals surface area contributed by atoms with E-state index in [1.165, 1.54) is 5.56 Å². The summed E-state index contributed by atoms with van der Waals surface area (Å²) in [6.07, 6.45) is 4.45. The second kappa shape index (κ2) is 7.23. The Hall–Kier alpha value is -1.72. The molecular weight excluding hydrogens is 290 g/mol. The monoisotopic (exact) mass is 315 g/mol. The van der Waals surface area contributed by atoms with E-state index in [0.29, 0.717) is 36.9 Å². The van der Waals surface area contributed by atoms with Crippen LogP contribution < -0.4 is 0 Å². The van der Waals surface area contributed by atoms with Gasteiger partial charge in [0.05, 0.1) is 6.54 Å². The van der Waals surface area contributed by atoms with Gasteiger partial charge in [0.15, 0.2) is 0 Å². The number of benzene rings is 1. The van der Waals surface area contributed by atoms with Gasteiger partial charge in [0.1, 0.15) is 0 Å². The van der Waals surface area contributed by atoms with Crippen molar-refractivity contribution in [2.45, 2.75) is 45.2 Å². The van der Waals surface area contributed by atoms with Crippen molar-refractivity contribution in [1.82, 2.24) is 15.1 Å². The van der Waals surface area contributed by atoms with Crippen LogP contribution in [0, 0.1) is 12.8 Å². The molecule has 23 heavy (non-hydrogen) atoms. The first-order valence-corrected chi connectivity index (χ1v) is 8.36. The summed E-state index contributed by atoms with van der Waals surface area (Å²) in [7, 11) is 2.11. The van der Waals surface area contributed by atoms with Crippen LogP contribution >= 0.6 is 0 Å². The molecule has 1 fully saturated rings. The van der Waals surface area contributed by atoms with Crippen LogP contribution in [0.1, 0.15) is 37.1 Å². The predicted octanol–water partition coefficient (Wildman–Crippen LogP) is 3.03. The molecule has 1 heterocycles. The second-order valence-corrected chi connectivity index (χ2v) is 6.64. The highest BCUT2D eigenvalue weighted by molar-refractivity contribution is 5.52. The van der Waals surface area contributed by atoms with Crippen LogP contribution in [0.4, 0.5) is 0 Å². The molecule has 3 rings (SSSR count). The van der Waals surface area contributed by atoms with Crippen molar-refractivity contribution in [2.24, 2.45) is 5.92 Å². The quantitative estimate of drug-likeness (QED) is 0.919.